The third-order valence-corrected chi connectivity index (χ3v) is 5.42. The minimum absolute atomic E-state index is 0.132. The molecule has 1 fully saturated rings. The van der Waals surface area contributed by atoms with Gasteiger partial charge in [0.2, 0.25) is 0 Å². The number of piperidine rings is 1. The number of likely N-dealkylation sites (N-methyl/N-ethyl adjacent to an activating group) is 1. The van der Waals surface area contributed by atoms with Crippen LogP contribution in [0.4, 0.5) is 5.82 Å². The quantitative estimate of drug-likeness (QED) is 0.604. The average Bonchev–Trinajstić information content (AvgIpc) is 2.73. The third kappa shape index (κ3) is 4.45. The second kappa shape index (κ2) is 8.95. The van der Waals surface area contributed by atoms with Crippen molar-refractivity contribution in [2.24, 2.45) is 0 Å². The molecule has 6 nitrogen and oxygen atoms in total. The Morgan fingerprint density at radius 3 is 2.79 bits per heavy atom. The van der Waals surface area contributed by atoms with E-state index in [1.165, 1.54) is 6.42 Å². The molecule has 29 heavy (non-hydrogen) atoms. The lowest BCUT2D eigenvalue weighted by molar-refractivity contribution is 0.0515. The van der Waals surface area contributed by atoms with Crippen molar-refractivity contribution in [1.82, 2.24) is 15.1 Å². The van der Waals surface area contributed by atoms with Crippen LogP contribution < -0.4 is 10.1 Å². The Morgan fingerprint density at radius 1 is 1.17 bits per heavy atom. The molecule has 4 rings (SSSR count). The molecular formula is C22H25ClN4O2. The van der Waals surface area contributed by atoms with E-state index >= 15 is 0 Å². The highest BCUT2D eigenvalue weighted by Crippen LogP contribution is 2.36. The smallest absolute Gasteiger partial charge is 0.188 e. The molecule has 1 aliphatic heterocycles. The maximum absolute atomic E-state index is 6.18. The number of nitrogens with one attached hydrogen (secondary N) is 1. The van der Waals surface area contributed by atoms with Gasteiger partial charge in [-0.15, -0.1) is 10.2 Å². The molecule has 3 aromatic rings. The molecular weight excluding hydrogens is 388 g/mol. The SMILES string of the molecule is COCOc1cc(Cl)ccc1-c1nnc(N[C@@H]2CCCN(C)C2)c2ccccc12. The fourth-order valence-corrected chi connectivity index (χ4v) is 3.98. The van der Waals surface area contributed by atoms with Crippen LogP contribution in [0.1, 0.15) is 12.8 Å². The van der Waals surface area contributed by atoms with Gasteiger partial charge < -0.3 is 19.7 Å². The van der Waals surface area contributed by atoms with E-state index in [0.717, 1.165) is 47.4 Å². The average molecular weight is 413 g/mol. The molecule has 7 heteroatoms. The Kier molecular flexibility index (Phi) is 6.13. The van der Waals surface area contributed by atoms with Gasteiger partial charge in [0, 0.05) is 41.1 Å². The van der Waals surface area contributed by atoms with Gasteiger partial charge in [-0.3, -0.25) is 0 Å². The molecule has 2 aromatic carbocycles. The molecule has 152 valence electrons. The van der Waals surface area contributed by atoms with Crippen molar-refractivity contribution in [2.45, 2.75) is 18.9 Å². The number of anilines is 1. The zero-order valence-electron chi connectivity index (χ0n) is 16.7. The lowest BCUT2D eigenvalue weighted by atomic mass is 10.0. The van der Waals surface area contributed by atoms with Crippen LogP contribution >= 0.6 is 11.6 Å². The molecule has 1 atom stereocenters. The van der Waals surface area contributed by atoms with Crippen molar-refractivity contribution in [3.05, 3.63) is 47.5 Å². The Labute approximate surface area is 175 Å². The first-order chi connectivity index (χ1) is 14.2. The summed E-state index contributed by atoms with van der Waals surface area (Å²) < 4.78 is 10.8. The van der Waals surface area contributed by atoms with Gasteiger partial charge in [-0.25, -0.2) is 0 Å². The number of hydrogen-bond acceptors (Lipinski definition) is 6. The van der Waals surface area contributed by atoms with Gasteiger partial charge in [0.05, 0.1) is 0 Å². The van der Waals surface area contributed by atoms with E-state index in [1.807, 2.05) is 24.3 Å². The van der Waals surface area contributed by atoms with E-state index in [0.29, 0.717) is 16.8 Å². The van der Waals surface area contributed by atoms with Crippen LogP contribution in [-0.4, -0.2) is 55.2 Å². The topological polar surface area (TPSA) is 59.5 Å². The van der Waals surface area contributed by atoms with Crippen molar-refractivity contribution in [1.29, 1.82) is 0 Å². The summed E-state index contributed by atoms with van der Waals surface area (Å²) in [7, 11) is 3.74. The molecule has 1 N–H and O–H groups in total. The molecule has 0 radical (unpaired) electrons. The second-order valence-electron chi connectivity index (χ2n) is 7.38. The van der Waals surface area contributed by atoms with Crippen LogP contribution in [0.3, 0.4) is 0 Å². The Bertz CT molecular complexity index is 998. The van der Waals surface area contributed by atoms with Gasteiger partial charge in [-0.2, -0.15) is 0 Å². The van der Waals surface area contributed by atoms with Crippen molar-refractivity contribution in [2.75, 3.05) is 39.4 Å². The van der Waals surface area contributed by atoms with Gasteiger partial charge >= 0.3 is 0 Å². The molecule has 0 spiro atoms. The summed E-state index contributed by atoms with van der Waals surface area (Å²) in [6.45, 7) is 2.28. The van der Waals surface area contributed by atoms with Crippen molar-refractivity contribution >= 4 is 28.2 Å². The summed E-state index contributed by atoms with van der Waals surface area (Å²) in [4.78, 5) is 2.35. The summed E-state index contributed by atoms with van der Waals surface area (Å²) in [5.74, 6) is 1.44. The third-order valence-electron chi connectivity index (χ3n) is 5.18. The molecule has 0 aliphatic carbocycles. The summed E-state index contributed by atoms with van der Waals surface area (Å²) in [6.07, 6.45) is 2.32. The van der Waals surface area contributed by atoms with E-state index < -0.39 is 0 Å². The number of rotatable bonds is 6. The highest BCUT2D eigenvalue weighted by molar-refractivity contribution is 6.30. The molecule has 0 bridgehead atoms. The molecule has 1 aromatic heterocycles. The Morgan fingerprint density at radius 2 is 2.00 bits per heavy atom. The number of benzene rings is 2. The zero-order valence-corrected chi connectivity index (χ0v) is 17.4. The first kappa shape index (κ1) is 19.9. The van der Waals surface area contributed by atoms with Crippen LogP contribution in [0.25, 0.3) is 22.0 Å². The monoisotopic (exact) mass is 412 g/mol. The van der Waals surface area contributed by atoms with Crippen LogP contribution in [0, 0.1) is 0 Å². The van der Waals surface area contributed by atoms with Gasteiger partial charge in [0.25, 0.3) is 0 Å². The van der Waals surface area contributed by atoms with E-state index in [-0.39, 0.29) is 6.79 Å². The minimum Gasteiger partial charge on any atom is -0.467 e. The van der Waals surface area contributed by atoms with E-state index in [2.05, 4.69) is 39.6 Å². The van der Waals surface area contributed by atoms with Crippen molar-refractivity contribution < 1.29 is 9.47 Å². The highest BCUT2D eigenvalue weighted by atomic mass is 35.5. The maximum Gasteiger partial charge on any atom is 0.188 e. The molecule has 2 heterocycles. The molecule has 1 aliphatic rings. The summed E-state index contributed by atoms with van der Waals surface area (Å²) >= 11 is 6.18. The lowest BCUT2D eigenvalue weighted by Crippen LogP contribution is -2.40. The molecule has 0 unspecified atom stereocenters. The predicted molar refractivity (Wildman–Crippen MR) is 117 cm³/mol. The van der Waals surface area contributed by atoms with Gasteiger partial charge in [-0.1, -0.05) is 35.9 Å². The second-order valence-corrected chi connectivity index (χ2v) is 7.82. The molecule has 0 amide bonds. The Hall–Kier alpha value is -2.41. The summed E-state index contributed by atoms with van der Waals surface area (Å²) in [5.41, 5.74) is 1.59. The fourth-order valence-electron chi connectivity index (χ4n) is 3.82. The molecule has 0 saturated carbocycles. The van der Waals surface area contributed by atoms with E-state index in [9.17, 15) is 0 Å². The van der Waals surface area contributed by atoms with Crippen LogP contribution in [0.2, 0.25) is 5.02 Å². The highest BCUT2D eigenvalue weighted by Gasteiger charge is 2.20. The maximum atomic E-state index is 6.18. The standard InChI is InChI=1S/C22H25ClN4O2/c1-27-11-5-6-16(13-27)24-22-18-8-4-3-7-17(18)21(25-26-22)19-10-9-15(23)12-20(19)29-14-28-2/h3-4,7-10,12,16H,5-6,11,13-14H2,1-2H3,(H,24,26)/t16-/m1/s1. The Balaban J connectivity index is 1.74. The number of methoxy groups -OCH3 is 1. The largest absolute Gasteiger partial charge is 0.467 e. The van der Waals surface area contributed by atoms with Crippen molar-refractivity contribution in [3.8, 4) is 17.0 Å². The normalized spacial score (nSPS) is 17.4. The number of nitrogens with zero attached hydrogens (tertiary/aromatic N) is 3. The fraction of sp³-hybridized carbons (Fsp3) is 0.364. The lowest BCUT2D eigenvalue weighted by Gasteiger charge is -2.30. The summed E-state index contributed by atoms with van der Waals surface area (Å²) in [5, 5.41) is 15.4. The van der Waals surface area contributed by atoms with Gasteiger partial charge in [0.15, 0.2) is 12.6 Å². The number of hydrogen-bond donors (Lipinski definition) is 1. The first-order valence-electron chi connectivity index (χ1n) is 9.78. The molecule has 1 saturated heterocycles. The van der Waals surface area contributed by atoms with Crippen LogP contribution in [-0.2, 0) is 4.74 Å². The zero-order chi connectivity index (χ0) is 20.2. The van der Waals surface area contributed by atoms with Crippen molar-refractivity contribution in [3.63, 3.8) is 0 Å². The minimum atomic E-state index is 0.132. The number of likely N-dealkylation sites (tertiary alicyclic amines) is 1. The van der Waals surface area contributed by atoms with Crippen LogP contribution in [0.5, 0.6) is 5.75 Å². The van der Waals surface area contributed by atoms with E-state index in [4.69, 9.17) is 21.1 Å². The van der Waals surface area contributed by atoms with E-state index in [1.54, 1.807) is 13.2 Å². The van der Waals surface area contributed by atoms with Crippen LogP contribution in [0.15, 0.2) is 42.5 Å². The summed E-state index contributed by atoms with van der Waals surface area (Å²) in [6, 6.07) is 14.1. The van der Waals surface area contributed by atoms with Gasteiger partial charge in [-0.05, 0) is 44.6 Å². The number of ether oxygens (including phenoxy) is 2. The number of fused-ring (bicyclic) bond motifs is 1. The van der Waals surface area contributed by atoms with Gasteiger partial charge in [0.1, 0.15) is 11.4 Å². The number of aromatic nitrogens is 2. The number of halogens is 1. The predicted octanol–water partition coefficient (Wildman–Crippen LogP) is 4.44. The first-order valence-corrected chi connectivity index (χ1v) is 10.2.